The summed E-state index contributed by atoms with van der Waals surface area (Å²) in [6, 6.07) is 11.4. The smallest absolute Gasteiger partial charge is 0.223 e. The van der Waals surface area contributed by atoms with Crippen LogP contribution in [0.3, 0.4) is 0 Å². The highest BCUT2D eigenvalue weighted by Crippen LogP contribution is 2.28. The van der Waals surface area contributed by atoms with Gasteiger partial charge in [0.2, 0.25) is 10.0 Å². The molecule has 140 valence electrons. The van der Waals surface area contributed by atoms with Crippen LogP contribution in [0.1, 0.15) is 12.8 Å². The van der Waals surface area contributed by atoms with Gasteiger partial charge in [-0.3, -0.25) is 0 Å². The Balaban J connectivity index is 1.77. The van der Waals surface area contributed by atoms with Crippen molar-refractivity contribution in [3.05, 3.63) is 59.4 Å². The predicted molar refractivity (Wildman–Crippen MR) is 96.8 cm³/mol. The first-order valence-corrected chi connectivity index (χ1v) is 11.3. The molecule has 0 bridgehead atoms. The number of nitrogens with zero attached hydrogens (tertiary/aromatic N) is 1. The van der Waals surface area contributed by atoms with Gasteiger partial charge in [-0.15, -0.1) is 0 Å². The number of sulfone groups is 1. The van der Waals surface area contributed by atoms with E-state index < -0.39 is 30.9 Å². The van der Waals surface area contributed by atoms with Gasteiger partial charge < -0.3 is 0 Å². The Labute approximate surface area is 157 Å². The minimum atomic E-state index is -3.85. The van der Waals surface area contributed by atoms with Crippen molar-refractivity contribution in [2.45, 2.75) is 27.9 Å². The quantitative estimate of drug-likeness (QED) is 0.766. The molecule has 1 heterocycles. The highest BCUT2D eigenvalue weighted by molar-refractivity contribution is 7.92. The fourth-order valence-electron chi connectivity index (χ4n) is 2.97. The van der Waals surface area contributed by atoms with Crippen molar-refractivity contribution < 1.29 is 21.2 Å². The number of hydrogen-bond acceptors (Lipinski definition) is 4. The molecule has 0 radical (unpaired) electrons. The molecule has 0 unspecified atom stereocenters. The van der Waals surface area contributed by atoms with Crippen molar-refractivity contribution in [3.63, 3.8) is 0 Å². The van der Waals surface area contributed by atoms with Gasteiger partial charge >= 0.3 is 0 Å². The molecular weight excluding hydrogens is 401 g/mol. The lowest BCUT2D eigenvalue weighted by Gasteiger charge is -2.31. The lowest BCUT2D eigenvalue weighted by atomic mass is 10.2. The molecule has 0 aromatic heterocycles. The van der Waals surface area contributed by atoms with Gasteiger partial charge in [-0.25, -0.2) is 21.2 Å². The maximum absolute atomic E-state index is 13.3. The van der Waals surface area contributed by atoms with Crippen molar-refractivity contribution in [1.29, 1.82) is 0 Å². The second-order valence-electron chi connectivity index (χ2n) is 6.04. The van der Waals surface area contributed by atoms with E-state index in [1.165, 1.54) is 4.31 Å². The zero-order valence-electron chi connectivity index (χ0n) is 13.7. The normalized spacial score (nSPS) is 17.3. The molecule has 1 aliphatic heterocycles. The number of sulfonamides is 1. The summed E-state index contributed by atoms with van der Waals surface area (Å²) in [6.07, 6.45) is 0.400. The largest absolute Gasteiger partial charge is 0.243 e. The zero-order chi connectivity index (χ0) is 18.9. The van der Waals surface area contributed by atoms with Crippen molar-refractivity contribution >= 4 is 31.5 Å². The van der Waals surface area contributed by atoms with Crippen LogP contribution in [0.5, 0.6) is 0 Å². The first-order chi connectivity index (χ1) is 12.2. The fraction of sp³-hybridized carbons (Fsp3) is 0.294. The molecule has 1 aliphatic rings. The third kappa shape index (κ3) is 3.64. The van der Waals surface area contributed by atoms with E-state index in [9.17, 15) is 21.2 Å². The molecule has 9 heteroatoms. The minimum Gasteiger partial charge on any atom is -0.223 e. The number of halogens is 2. The predicted octanol–water partition coefficient (Wildman–Crippen LogP) is 3.11. The first kappa shape index (κ1) is 19.3. The summed E-state index contributed by atoms with van der Waals surface area (Å²) >= 11 is 5.67. The monoisotopic (exact) mass is 417 g/mol. The van der Waals surface area contributed by atoms with E-state index in [2.05, 4.69) is 0 Å². The molecule has 1 fully saturated rings. The van der Waals surface area contributed by atoms with Crippen LogP contribution in [0.2, 0.25) is 5.02 Å². The van der Waals surface area contributed by atoms with Crippen molar-refractivity contribution in [1.82, 2.24) is 4.31 Å². The second-order valence-corrected chi connectivity index (χ2v) is 10.6. The standard InChI is InChI=1S/C17H17ClFNO4S2/c18-16-12-15(6-7-17(16)19)26(23,24)20-10-8-14(9-11-20)25(21,22)13-4-2-1-3-5-13/h1-7,12,14H,8-11H2. The first-order valence-electron chi connectivity index (χ1n) is 7.97. The van der Waals surface area contributed by atoms with Crippen molar-refractivity contribution in [2.75, 3.05) is 13.1 Å². The summed E-state index contributed by atoms with van der Waals surface area (Å²) in [5.74, 6) is -0.696. The van der Waals surface area contributed by atoms with Crippen LogP contribution in [0.25, 0.3) is 0 Å². The van der Waals surface area contributed by atoms with Crippen LogP contribution >= 0.6 is 11.6 Å². The molecule has 5 nitrogen and oxygen atoms in total. The van der Waals surface area contributed by atoms with Gasteiger partial charge in [-0.05, 0) is 43.2 Å². The Kier molecular flexibility index (Phi) is 5.39. The summed E-state index contributed by atoms with van der Waals surface area (Å²) in [5.41, 5.74) is 0. The lowest BCUT2D eigenvalue weighted by Crippen LogP contribution is -2.42. The van der Waals surface area contributed by atoms with E-state index in [1.54, 1.807) is 30.3 Å². The number of piperidine rings is 1. The zero-order valence-corrected chi connectivity index (χ0v) is 16.1. The van der Waals surface area contributed by atoms with Gasteiger partial charge in [-0.2, -0.15) is 4.31 Å². The Bertz CT molecular complexity index is 1000. The molecule has 26 heavy (non-hydrogen) atoms. The average molecular weight is 418 g/mol. The van der Waals surface area contributed by atoms with Crippen molar-refractivity contribution in [3.8, 4) is 0 Å². The van der Waals surface area contributed by atoms with Crippen LogP contribution < -0.4 is 0 Å². The Morgan fingerprint density at radius 2 is 1.54 bits per heavy atom. The molecule has 0 aliphatic carbocycles. The maximum atomic E-state index is 13.3. The summed E-state index contributed by atoms with van der Waals surface area (Å²) in [5, 5.41) is -0.902. The van der Waals surface area contributed by atoms with Gasteiger partial charge in [0.15, 0.2) is 9.84 Å². The molecule has 0 atom stereocenters. The third-order valence-electron chi connectivity index (χ3n) is 4.44. The van der Waals surface area contributed by atoms with Crippen LogP contribution in [0.15, 0.2) is 58.3 Å². The molecule has 0 N–H and O–H groups in total. The van der Waals surface area contributed by atoms with Crippen LogP contribution in [0.4, 0.5) is 4.39 Å². The Hall–Kier alpha value is -1.48. The summed E-state index contributed by atoms with van der Waals surface area (Å²) in [7, 11) is -7.35. The summed E-state index contributed by atoms with van der Waals surface area (Å²) < 4.78 is 65.2. The van der Waals surface area contributed by atoms with E-state index in [0.29, 0.717) is 0 Å². The van der Waals surface area contributed by atoms with Crippen LogP contribution in [-0.2, 0) is 19.9 Å². The van der Waals surface area contributed by atoms with Gasteiger partial charge in [0.1, 0.15) is 5.82 Å². The SMILES string of the molecule is O=S(=O)(c1ccccc1)C1CCN(S(=O)(=O)c2ccc(F)c(Cl)c2)CC1. The molecule has 0 spiro atoms. The van der Waals surface area contributed by atoms with Crippen molar-refractivity contribution in [2.24, 2.45) is 0 Å². The van der Waals surface area contributed by atoms with Crippen LogP contribution in [0, 0.1) is 5.82 Å². The molecule has 3 rings (SSSR count). The Morgan fingerprint density at radius 3 is 2.12 bits per heavy atom. The number of benzene rings is 2. The van der Waals surface area contributed by atoms with Gasteiger partial charge in [0, 0.05) is 13.1 Å². The second kappa shape index (κ2) is 7.26. The van der Waals surface area contributed by atoms with Gasteiger partial charge in [-0.1, -0.05) is 29.8 Å². The average Bonchev–Trinajstić information content (AvgIpc) is 2.64. The lowest BCUT2D eigenvalue weighted by molar-refractivity contribution is 0.345. The summed E-state index contributed by atoms with van der Waals surface area (Å²) in [6.45, 7) is 0.155. The molecule has 1 saturated heterocycles. The van der Waals surface area contributed by atoms with Gasteiger partial charge in [0.05, 0.1) is 20.1 Å². The number of hydrogen-bond donors (Lipinski definition) is 0. The molecule has 2 aromatic rings. The third-order valence-corrected chi connectivity index (χ3v) is 8.90. The van der Waals surface area contributed by atoms with E-state index >= 15 is 0 Å². The number of rotatable bonds is 4. The minimum absolute atomic E-state index is 0.0774. The molecule has 0 saturated carbocycles. The molecule has 0 amide bonds. The highest BCUT2D eigenvalue weighted by atomic mass is 35.5. The maximum Gasteiger partial charge on any atom is 0.243 e. The topological polar surface area (TPSA) is 71.5 Å². The van der Waals surface area contributed by atoms with E-state index in [0.717, 1.165) is 18.2 Å². The van der Waals surface area contributed by atoms with Crippen LogP contribution in [-0.4, -0.2) is 39.5 Å². The molecule has 2 aromatic carbocycles. The van der Waals surface area contributed by atoms with E-state index in [1.807, 2.05) is 0 Å². The van der Waals surface area contributed by atoms with E-state index in [4.69, 9.17) is 11.6 Å². The van der Waals surface area contributed by atoms with E-state index in [-0.39, 0.29) is 40.7 Å². The highest BCUT2D eigenvalue weighted by Gasteiger charge is 2.35. The fourth-order valence-corrected chi connectivity index (χ4v) is 6.47. The Morgan fingerprint density at radius 1 is 0.923 bits per heavy atom. The summed E-state index contributed by atoms with van der Waals surface area (Å²) in [4.78, 5) is 0.139. The molecular formula is C17H17ClFNO4S2. The van der Waals surface area contributed by atoms with Gasteiger partial charge in [0.25, 0.3) is 0 Å².